The number of aryl methyl sites for hydroxylation is 1. The van der Waals surface area contributed by atoms with E-state index >= 15 is 0 Å². The molecule has 0 unspecified atom stereocenters. The summed E-state index contributed by atoms with van der Waals surface area (Å²) in [4.78, 5) is 8.13. The third-order valence-corrected chi connectivity index (χ3v) is 3.19. The van der Waals surface area contributed by atoms with E-state index in [9.17, 15) is 17.6 Å². The minimum atomic E-state index is -4.70. The summed E-state index contributed by atoms with van der Waals surface area (Å²) >= 11 is 0. The number of benzene rings is 1. The summed E-state index contributed by atoms with van der Waals surface area (Å²) < 4.78 is 52.6. The topological polar surface area (TPSA) is 55.1 Å². The molecule has 23 heavy (non-hydrogen) atoms. The van der Waals surface area contributed by atoms with Crippen LogP contribution in [0.4, 0.5) is 23.4 Å². The maximum absolute atomic E-state index is 13.6. The second-order valence-corrected chi connectivity index (χ2v) is 4.92. The fourth-order valence-corrected chi connectivity index (χ4v) is 2.15. The molecule has 0 spiro atoms. The van der Waals surface area contributed by atoms with Crippen molar-refractivity contribution in [3.8, 4) is 0 Å². The molecule has 0 saturated carbocycles. The molecule has 1 N–H and O–H groups in total. The highest BCUT2D eigenvalue weighted by Crippen LogP contribution is 2.31. The lowest BCUT2D eigenvalue weighted by molar-refractivity contribution is -0.140. The summed E-state index contributed by atoms with van der Waals surface area (Å²) in [6.45, 7) is 1.91. The molecule has 0 saturated heterocycles. The largest absolute Gasteiger partial charge is 0.419 e. The van der Waals surface area contributed by atoms with Crippen LogP contribution in [-0.2, 0) is 12.7 Å². The fourth-order valence-electron chi connectivity index (χ4n) is 2.15. The zero-order valence-corrected chi connectivity index (χ0v) is 11.9. The lowest BCUT2D eigenvalue weighted by atomic mass is 10.1. The summed E-state index contributed by atoms with van der Waals surface area (Å²) in [5.74, 6) is -0.343. The van der Waals surface area contributed by atoms with Gasteiger partial charge in [-0.15, -0.1) is 0 Å². The number of hydrogen-bond acceptors (Lipinski definition) is 4. The Morgan fingerprint density at radius 2 is 2.00 bits per heavy atom. The fraction of sp³-hybridized carbons (Fsp3) is 0.214. The van der Waals surface area contributed by atoms with Crippen LogP contribution in [0, 0.1) is 12.7 Å². The molecule has 0 bridgehead atoms. The van der Waals surface area contributed by atoms with Gasteiger partial charge in [0, 0.05) is 18.3 Å². The number of rotatable bonds is 3. The molecule has 3 rings (SSSR count). The molecule has 0 aliphatic heterocycles. The number of halogens is 4. The zero-order valence-electron chi connectivity index (χ0n) is 11.9. The number of alkyl halides is 3. The van der Waals surface area contributed by atoms with E-state index in [-0.39, 0.29) is 6.54 Å². The Kier molecular flexibility index (Phi) is 3.63. The first-order chi connectivity index (χ1) is 10.8. The van der Waals surface area contributed by atoms with E-state index in [2.05, 4.69) is 20.4 Å². The number of hydrogen-bond donors (Lipinski definition) is 1. The number of aromatic nitrogens is 4. The van der Waals surface area contributed by atoms with Gasteiger partial charge < -0.3 is 5.32 Å². The highest BCUT2D eigenvalue weighted by atomic mass is 19.4. The molecule has 9 heteroatoms. The van der Waals surface area contributed by atoms with Crippen LogP contribution in [0.3, 0.4) is 0 Å². The van der Waals surface area contributed by atoms with Crippen molar-refractivity contribution in [2.24, 2.45) is 0 Å². The lowest BCUT2D eigenvalue weighted by Gasteiger charge is -2.11. The van der Waals surface area contributed by atoms with Crippen molar-refractivity contribution >= 4 is 11.6 Å². The molecule has 0 atom stereocenters. The van der Waals surface area contributed by atoms with Gasteiger partial charge in [0.1, 0.15) is 18.0 Å². The molecule has 0 aliphatic rings. The summed E-state index contributed by atoms with van der Waals surface area (Å²) in [5, 5.41) is 6.98. The second-order valence-electron chi connectivity index (χ2n) is 4.92. The molecule has 0 amide bonds. The van der Waals surface area contributed by atoms with Gasteiger partial charge in [0.25, 0.3) is 5.78 Å². The van der Waals surface area contributed by atoms with E-state index in [1.54, 1.807) is 13.0 Å². The van der Waals surface area contributed by atoms with Gasteiger partial charge >= 0.3 is 6.18 Å². The predicted molar refractivity (Wildman–Crippen MR) is 74.2 cm³/mol. The van der Waals surface area contributed by atoms with Crippen molar-refractivity contribution in [2.45, 2.75) is 19.6 Å². The number of nitrogens with zero attached hydrogens (tertiary/aromatic N) is 4. The summed E-state index contributed by atoms with van der Waals surface area (Å²) in [5.41, 5.74) is -0.204. The van der Waals surface area contributed by atoms with Crippen LogP contribution in [-0.4, -0.2) is 19.6 Å². The molecular formula is C14H11F4N5. The molecule has 5 nitrogen and oxygen atoms in total. The van der Waals surface area contributed by atoms with Gasteiger partial charge in [0.15, 0.2) is 0 Å². The lowest BCUT2D eigenvalue weighted by Crippen LogP contribution is -2.10. The van der Waals surface area contributed by atoms with E-state index < -0.39 is 17.6 Å². The minimum absolute atomic E-state index is 0.132. The Hall–Kier alpha value is -2.71. The Morgan fingerprint density at radius 3 is 2.70 bits per heavy atom. The SMILES string of the molecule is Cc1cc(NCc2ccc(C(F)(F)F)c(F)c2)n2ncnc2n1. The van der Waals surface area contributed by atoms with Gasteiger partial charge in [-0.25, -0.2) is 9.37 Å². The molecule has 120 valence electrons. The van der Waals surface area contributed by atoms with Crippen LogP contribution in [0.25, 0.3) is 5.78 Å². The van der Waals surface area contributed by atoms with Gasteiger partial charge in [-0.2, -0.15) is 27.8 Å². The van der Waals surface area contributed by atoms with Crippen molar-refractivity contribution in [3.05, 3.63) is 53.2 Å². The van der Waals surface area contributed by atoms with Crippen molar-refractivity contribution in [2.75, 3.05) is 5.32 Å². The molecule has 1 aromatic carbocycles. The number of anilines is 1. The van der Waals surface area contributed by atoms with Gasteiger partial charge in [-0.1, -0.05) is 6.07 Å². The Bertz CT molecular complexity index is 856. The van der Waals surface area contributed by atoms with Crippen LogP contribution < -0.4 is 5.32 Å². The molecule has 3 aromatic rings. The van der Waals surface area contributed by atoms with Crippen LogP contribution in [0.1, 0.15) is 16.8 Å². The maximum atomic E-state index is 13.6. The Balaban J connectivity index is 1.83. The number of nitrogens with one attached hydrogen (secondary N) is 1. The average molecular weight is 325 g/mol. The average Bonchev–Trinajstić information content (AvgIpc) is 2.91. The van der Waals surface area contributed by atoms with Gasteiger partial charge in [-0.05, 0) is 24.6 Å². The molecular weight excluding hydrogens is 314 g/mol. The predicted octanol–water partition coefficient (Wildman–Crippen LogP) is 3.20. The standard InChI is InChI=1S/C14H11F4N5/c1-8-4-12(23-13(22-8)20-7-21-23)19-6-9-2-3-10(11(15)5-9)14(16,17)18/h2-5,7,19H,6H2,1H3. The van der Waals surface area contributed by atoms with Crippen LogP contribution in [0.5, 0.6) is 0 Å². The first kappa shape index (κ1) is 15.2. The molecule has 2 heterocycles. The van der Waals surface area contributed by atoms with Gasteiger partial charge in [-0.3, -0.25) is 0 Å². The first-order valence-corrected chi connectivity index (χ1v) is 6.61. The maximum Gasteiger partial charge on any atom is 0.419 e. The normalized spacial score (nSPS) is 11.9. The Labute approximate surface area is 128 Å². The first-order valence-electron chi connectivity index (χ1n) is 6.61. The summed E-state index contributed by atoms with van der Waals surface area (Å²) in [7, 11) is 0. The van der Waals surface area contributed by atoms with E-state index in [1.165, 1.54) is 16.9 Å². The Morgan fingerprint density at radius 1 is 1.22 bits per heavy atom. The monoisotopic (exact) mass is 325 g/mol. The van der Waals surface area contributed by atoms with E-state index in [4.69, 9.17) is 0 Å². The van der Waals surface area contributed by atoms with E-state index in [0.29, 0.717) is 22.9 Å². The number of fused-ring (bicyclic) bond motifs is 1. The molecule has 0 radical (unpaired) electrons. The van der Waals surface area contributed by atoms with Gasteiger partial charge in [0.05, 0.1) is 5.56 Å². The van der Waals surface area contributed by atoms with Gasteiger partial charge in [0.2, 0.25) is 0 Å². The van der Waals surface area contributed by atoms with Crippen molar-refractivity contribution in [1.82, 2.24) is 19.6 Å². The molecule has 0 fully saturated rings. The summed E-state index contributed by atoms with van der Waals surface area (Å²) in [6.07, 6.45) is -3.37. The van der Waals surface area contributed by atoms with Crippen molar-refractivity contribution in [3.63, 3.8) is 0 Å². The summed E-state index contributed by atoms with van der Waals surface area (Å²) in [6, 6.07) is 4.53. The second kappa shape index (κ2) is 5.49. The molecule has 0 aliphatic carbocycles. The van der Waals surface area contributed by atoms with E-state index in [0.717, 1.165) is 12.1 Å². The highest BCUT2D eigenvalue weighted by molar-refractivity contribution is 5.45. The van der Waals surface area contributed by atoms with Crippen LogP contribution in [0.2, 0.25) is 0 Å². The van der Waals surface area contributed by atoms with Crippen LogP contribution >= 0.6 is 0 Å². The zero-order chi connectivity index (χ0) is 16.6. The van der Waals surface area contributed by atoms with Crippen molar-refractivity contribution < 1.29 is 17.6 Å². The molecule has 2 aromatic heterocycles. The highest BCUT2D eigenvalue weighted by Gasteiger charge is 2.33. The van der Waals surface area contributed by atoms with E-state index in [1.807, 2.05) is 0 Å². The third kappa shape index (κ3) is 3.08. The van der Waals surface area contributed by atoms with Crippen LogP contribution in [0.15, 0.2) is 30.6 Å². The quantitative estimate of drug-likeness (QED) is 0.751. The third-order valence-electron chi connectivity index (χ3n) is 3.19. The smallest absolute Gasteiger partial charge is 0.366 e. The van der Waals surface area contributed by atoms with Crippen molar-refractivity contribution in [1.29, 1.82) is 0 Å². The minimum Gasteiger partial charge on any atom is -0.366 e.